The number of aliphatic hydroxyl groups excluding tert-OH is 1. The molecule has 100 valence electrons. The molecule has 18 heavy (non-hydrogen) atoms. The molecule has 1 fully saturated rings. The van der Waals surface area contributed by atoms with E-state index in [9.17, 15) is 0 Å². The molecule has 0 radical (unpaired) electrons. The number of nitrogens with zero attached hydrogens (tertiary/aromatic N) is 2. The minimum absolute atomic E-state index is 0.130. The third-order valence-corrected chi connectivity index (χ3v) is 3.70. The minimum Gasteiger partial charge on any atom is -0.392 e. The van der Waals surface area contributed by atoms with E-state index in [-0.39, 0.29) is 6.61 Å². The summed E-state index contributed by atoms with van der Waals surface area (Å²) >= 11 is 0. The quantitative estimate of drug-likeness (QED) is 0.883. The van der Waals surface area contributed by atoms with Crippen LogP contribution in [0, 0.1) is 6.92 Å². The van der Waals surface area contributed by atoms with Crippen molar-refractivity contribution < 1.29 is 5.11 Å². The van der Waals surface area contributed by atoms with Gasteiger partial charge in [0.25, 0.3) is 0 Å². The first kappa shape index (κ1) is 13.4. The molecular formula is C15H24N2O. The van der Waals surface area contributed by atoms with Crippen LogP contribution in [0.5, 0.6) is 0 Å². The predicted molar refractivity (Wildman–Crippen MR) is 76.0 cm³/mol. The molecule has 1 N–H and O–H groups in total. The van der Waals surface area contributed by atoms with Gasteiger partial charge in [0.15, 0.2) is 0 Å². The average Bonchev–Trinajstić information content (AvgIpc) is 2.40. The topological polar surface area (TPSA) is 26.7 Å². The van der Waals surface area contributed by atoms with Crippen LogP contribution in [0.2, 0.25) is 0 Å². The van der Waals surface area contributed by atoms with Crippen molar-refractivity contribution in [2.45, 2.75) is 26.9 Å². The zero-order valence-electron chi connectivity index (χ0n) is 11.5. The van der Waals surface area contributed by atoms with Crippen molar-refractivity contribution in [2.24, 2.45) is 0 Å². The molecule has 1 aliphatic heterocycles. The molecule has 0 spiro atoms. The summed E-state index contributed by atoms with van der Waals surface area (Å²) in [7, 11) is 0. The minimum atomic E-state index is 0.130. The van der Waals surface area contributed by atoms with Crippen molar-refractivity contribution in [2.75, 3.05) is 37.6 Å². The molecule has 2 rings (SSSR count). The largest absolute Gasteiger partial charge is 0.392 e. The van der Waals surface area contributed by atoms with Crippen LogP contribution in [0.4, 0.5) is 5.69 Å². The molecule has 0 aromatic heterocycles. The lowest BCUT2D eigenvalue weighted by Crippen LogP contribution is -2.46. The standard InChI is InChI=1S/C15H24N2O/c1-3-6-16-7-9-17(10-8-16)15-5-4-14(12-18)11-13(15)2/h4-5,11,18H,3,6-10,12H2,1-2H3. The molecule has 0 saturated carbocycles. The van der Waals surface area contributed by atoms with E-state index >= 15 is 0 Å². The van der Waals surface area contributed by atoms with E-state index in [1.165, 1.54) is 24.2 Å². The molecule has 0 unspecified atom stereocenters. The van der Waals surface area contributed by atoms with E-state index in [4.69, 9.17) is 5.11 Å². The summed E-state index contributed by atoms with van der Waals surface area (Å²) < 4.78 is 0. The summed E-state index contributed by atoms with van der Waals surface area (Å²) in [5.41, 5.74) is 3.59. The highest BCUT2D eigenvalue weighted by atomic mass is 16.3. The Bertz CT molecular complexity index is 384. The number of hydrogen-bond acceptors (Lipinski definition) is 3. The van der Waals surface area contributed by atoms with E-state index in [0.717, 1.165) is 31.7 Å². The summed E-state index contributed by atoms with van der Waals surface area (Å²) in [6, 6.07) is 6.27. The lowest BCUT2D eigenvalue weighted by atomic mass is 10.1. The van der Waals surface area contributed by atoms with Gasteiger partial charge in [0.1, 0.15) is 0 Å². The third kappa shape index (κ3) is 3.03. The molecule has 3 nitrogen and oxygen atoms in total. The predicted octanol–water partition coefficient (Wildman–Crippen LogP) is 2.02. The Morgan fingerprint density at radius 3 is 2.44 bits per heavy atom. The van der Waals surface area contributed by atoms with Crippen LogP contribution < -0.4 is 4.90 Å². The monoisotopic (exact) mass is 248 g/mol. The van der Waals surface area contributed by atoms with Crippen LogP contribution >= 0.6 is 0 Å². The van der Waals surface area contributed by atoms with Crippen molar-refractivity contribution in [3.63, 3.8) is 0 Å². The van der Waals surface area contributed by atoms with Crippen molar-refractivity contribution >= 4 is 5.69 Å². The first-order chi connectivity index (χ1) is 8.74. The second-order valence-corrected chi connectivity index (χ2v) is 5.11. The van der Waals surface area contributed by atoms with E-state index in [1.54, 1.807) is 0 Å². The number of hydrogen-bond donors (Lipinski definition) is 1. The third-order valence-electron chi connectivity index (χ3n) is 3.70. The normalized spacial score (nSPS) is 17.2. The highest BCUT2D eigenvalue weighted by molar-refractivity contribution is 5.54. The summed E-state index contributed by atoms with van der Waals surface area (Å²) in [6.45, 7) is 10.3. The Hall–Kier alpha value is -1.06. The average molecular weight is 248 g/mol. The number of aryl methyl sites for hydroxylation is 1. The Balaban J connectivity index is 2.01. The van der Waals surface area contributed by atoms with Crippen LogP contribution in [0.3, 0.4) is 0 Å². The highest BCUT2D eigenvalue weighted by Gasteiger charge is 2.17. The molecule has 1 aliphatic rings. The molecule has 3 heteroatoms. The number of piperazine rings is 1. The maximum atomic E-state index is 9.14. The summed E-state index contributed by atoms with van der Waals surface area (Å²) in [5, 5.41) is 9.14. The Kier molecular flexibility index (Phi) is 4.61. The van der Waals surface area contributed by atoms with Crippen LogP contribution in [-0.2, 0) is 6.61 Å². The van der Waals surface area contributed by atoms with Gasteiger partial charge in [-0.2, -0.15) is 0 Å². The maximum Gasteiger partial charge on any atom is 0.0681 e. The Labute approximate surface area is 110 Å². The van der Waals surface area contributed by atoms with Gasteiger partial charge in [-0.15, -0.1) is 0 Å². The number of rotatable bonds is 4. The van der Waals surface area contributed by atoms with Gasteiger partial charge in [-0.1, -0.05) is 19.1 Å². The molecule has 1 saturated heterocycles. The fraction of sp³-hybridized carbons (Fsp3) is 0.600. The van der Waals surface area contributed by atoms with Gasteiger partial charge in [-0.25, -0.2) is 0 Å². The molecule has 0 bridgehead atoms. The van der Waals surface area contributed by atoms with Crippen molar-refractivity contribution in [3.8, 4) is 0 Å². The molecule has 0 aliphatic carbocycles. The first-order valence-electron chi connectivity index (χ1n) is 6.92. The molecule has 1 heterocycles. The van der Waals surface area contributed by atoms with E-state index in [1.807, 2.05) is 6.07 Å². The second kappa shape index (κ2) is 6.21. The van der Waals surface area contributed by atoms with Gasteiger partial charge >= 0.3 is 0 Å². The van der Waals surface area contributed by atoms with Crippen molar-refractivity contribution in [1.82, 2.24) is 4.90 Å². The van der Waals surface area contributed by atoms with Crippen LogP contribution in [0.15, 0.2) is 18.2 Å². The van der Waals surface area contributed by atoms with Gasteiger partial charge in [0.2, 0.25) is 0 Å². The first-order valence-corrected chi connectivity index (χ1v) is 6.92. The van der Waals surface area contributed by atoms with Gasteiger partial charge in [0, 0.05) is 31.9 Å². The highest BCUT2D eigenvalue weighted by Crippen LogP contribution is 2.22. The van der Waals surface area contributed by atoms with Crippen LogP contribution in [0.25, 0.3) is 0 Å². The zero-order valence-corrected chi connectivity index (χ0v) is 11.5. The summed E-state index contributed by atoms with van der Waals surface area (Å²) in [5.74, 6) is 0. The number of anilines is 1. The van der Waals surface area contributed by atoms with E-state index in [0.29, 0.717) is 0 Å². The van der Waals surface area contributed by atoms with E-state index in [2.05, 4.69) is 35.8 Å². The summed E-state index contributed by atoms with van der Waals surface area (Å²) in [4.78, 5) is 5.00. The smallest absolute Gasteiger partial charge is 0.0681 e. The van der Waals surface area contributed by atoms with Gasteiger partial charge in [0.05, 0.1) is 6.61 Å². The van der Waals surface area contributed by atoms with E-state index < -0.39 is 0 Å². The van der Waals surface area contributed by atoms with Crippen LogP contribution in [-0.4, -0.2) is 42.7 Å². The number of benzene rings is 1. The molecular weight excluding hydrogens is 224 g/mol. The molecule has 0 atom stereocenters. The summed E-state index contributed by atoms with van der Waals surface area (Å²) in [6.07, 6.45) is 1.24. The molecule has 1 aromatic rings. The SMILES string of the molecule is CCCN1CCN(c2ccc(CO)cc2C)CC1. The van der Waals surface area contributed by atoms with Crippen LogP contribution in [0.1, 0.15) is 24.5 Å². The zero-order chi connectivity index (χ0) is 13.0. The van der Waals surface area contributed by atoms with Gasteiger partial charge < -0.3 is 10.0 Å². The fourth-order valence-electron chi connectivity index (χ4n) is 2.70. The van der Waals surface area contributed by atoms with Crippen molar-refractivity contribution in [3.05, 3.63) is 29.3 Å². The van der Waals surface area contributed by atoms with Crippen molar-refractivity contribution in [1.29, 1.82) is 0 Å². The lowest BCUT2D eigenvalue weighted by Gasteiger charge is -2.36. The second-order valence-electron chi connectivity index (χ2n) is 5.11. The number of aliphatic hydroxyl groups is 1. The van der Waals surface area contributed by atoms with Gasteiger partial charge in [-0.3, -0.25) is 4.90 Å². The Morgan fingerprint density at radius 2 is 1.89 bits per heavy atom. The van der Waals surface area contributed by atoms with Gasteiger partial charge in [-0.05, 0) is 37.1 Å². The Morgan fingerprint density at radius 1 is 1.17 bits per heavy atom. The maximum absolute atomic E-state index is 9.14. The molecule has 0 amide bonds. The lowest BCUT2D eigenvalue weighted by molar-refractivity contribution is 0.258. The fourth-order valence-corrected chi connectivity index (χ4v) is 2.70. The molecule has 1 aromatic carbocycles.